The molecule has 2 aliphatic rings. The van der Waals surface area contributed by atoms with Crippen LogP contribution in [-0.2, 0) is 25.2 Å². The fourth-order valence-electron chi connectivity index (χ4n) is 4.15. The zero-order chi connectivity index (χ0) is 33.3. The molecule has 44 heavy (non-hydrogen) atoms. The van der Waals surface area contributed by atoms with Crippen LogP contribution in [0.25, 0.3) is 22.6 Å². The average molecular weight is 629 g/mol. The van der Waals surface area contributed by atoms with Crippen molar-refractivity contribution in [2.75, 3.05) is 27.1 Å². The van der Waals surface area contributed by atoms with Crippen LogP contribution in [0.15, 0.2) is 21.3 Å². The van der Waals surface area contributed by atoms with E-state index in [-0.39, 0.29) is 0 Å². The van der Waals surface area contributed by atoms with Crippen molar-refractivity contribution in [3.8, 4) is 17.2 Å². The summed E-state index contributed by atoms with van der Waals surface area (Å²) in [5.74, 6) is -6.22. The Labute approximate surface area is 245 Å². The minimum atomic E-state index is -5.09. The summed E-state index contributed by atoms with van der Waals surface area (Å²) in [6.07, 6.45) is -8.12. The van der Waals surface area contributed by atoms with Gasteiger partial charge in [0.2, 0.25) is 11.2 Å². The number of carbonyl (C=O) groups excluding carboxylic acids is 4. The third-order valence-corrected chi connectivity index (χ3v) is 6.37. The van der Waals surface area contributed by atoms with Crippen LogP contribution in [0.4, 0.5) is 18.9 Å². The summed E-state index contributed by atoms with van der Waals surface area (Å²) in [5.41, 5.74) is -1.54. The molecule has 0 bridgehead atoms. The summed E-state index contributed by atoms with van der Waals surface area (Å²) in [6.45, 7) is 2.28. The number of amides is 2. The quantitative estimate of drug-likeness (QED) is 0.121. The van der Waals surface area contributed by atoms with Gasteiger partial charge in [-0.2, -0.15) is 13.2 Å². The number of fused-ring (bicyclic) bond motifs is 2. The van der Waals surface area contributed by atoms with E-state index in [9.17, 15) is 47.4 Å². The molecule has 18 heteroatoms. The van der Waals surface area contributed by atoms with Crippen LogP contribution in [0.1, 0.15) is 40.1 Å². The Balaban J connectivity index is 2.43. The molecule has 1 heterocycles. The number of halogens is 3. The Kier molecular flexibility index (Phi) is 9.69. The molecule has 3 rings (SSSR count). The lowest BCUT2D eigenvalue weighted by atomic mass is 10.0. The van der Waals surface area contributed by atoms with Crippen molar-refractivity contribution >= 4 is 40.5 Å². The number of aliphatic hydroxyl groups excluding tert-OH is 2. The first-order valence-corrected chi connectivity index (χ1v) is 12.5. The number of nitrogens with one attached hydrogen (secondary N) is 2. The predicted octanol–water partition coefficient (Wildman–Crippen LogP) is 0.207. The Hall–Kier alpha value is -4.97. The number of hydrogen-bond donors (Lipinski definition) is 5. The Morgan fingerprint density at radius 3 is 1.93 bits per heavy atom. The molecule has 1 aliphatic heterocycles. The molecule has 2 amide bonds. The van der Waals surface area contributed by atoms with Crippen molar-refractivity contribution in [1.29, 1.82) is 0 Å². The molecule has 1 aromatic rings. The number of esters is 2. The second-order valence-corrected chi connectivity index (χ2v) is 9.31. The minimum Gasteiger partial charge on any atom is -0.489 e. The Morgan fingerprint density at radius 2 is 1.48 bits per heavy atom. The number of anilines is 1. The lowest BCUT2D eigenvalue weighted by Crippen LogP contribution is -2.48. The zero-order valence-electron chi connectivity index (χ0n) is 23.7. The first-order chi connectivity index (χ1) is 20.5. The van der Waals surface area contributed by atoms with Crippen molar-refractivity contribution in [2.24, 2.45) is 0 Å². The number of methoxy groups -OCH3 is 3. The maximum atomic E-state index is 14.1. The van der Waals surface area contributed by atoms with Crippen molar-refractivity contribution in [3.05, 3.63) is 39.0 Å². The highest BCUT2D eigenvalue weighted by Crippen LogP contribution is 2.41. The molecular formula is C26H27F3N4O11. The first-order valence-electron chi connectivity index (χ1n) is 12.5. The Bertz CT molecular complexity index is 1650. The van der Waals surface area contributed by atoms with E-state index in [0.717, 1.165) is 35.2 Å². The van der Waals surface area contributed by atoms with Gasteiger partial charge in [-0.15, -0.1) is 0 Å². The molecule has 0 radical (unpaired) electrons. The van der Waals surface area contributed by atoms with E-state index in [1.807, 2.05) is 0 Å². The third-order valence-electron chi connectivity index (χ3n) is 6.37. The predicted molar refractivity (Wildman–Crippen MR) is 143 cm³/mol. The van der Waals surface area contributed by atoms with Gasteiger partial charge in [-0.05, 0) is 26.0 Å². The molecule has 0 spiro atoms. The van der Waals surface area contributed by atoms with E-state index in [2.05, 4.69) is 25.1 Å². The highest BCUT2D eigenvalue weighted by molar-refractivity contribution is 6.10. The standard InChI is InChI=1S/C26H27F3N4O11/c1-8(34)14(24(39)42-4)32-22(37)10-6-7-11(26(27,28)29)19-16(10)31-17-12(13(30)18(36)21(41-3)20(17)44-19)23(38)33-15(9(2)35)25(40)43-5/h6-9,14-15,34-35H,30H2,1-5H3,(H,32,37)(H,33,38)/t8-,9-,14+,15+/m1/s1. The second-order valence-electron chi connectivity index (χ2n) is 9.31. The summed E-state index contributed by atoms with van der Waals surface area (Å²) in [5, 5.41) is 24.2. The number of ether oxygens (including phenoxy) is 3. The minimum absolute atomic E-state index is 0.475. The van der Waals surface area contributed by atoms with E-state index in [4.69, 9.17) is 14.9 Å². The normalized spacial score (nSPS) is 14.3. The van der Waals surface area contributed by atoms with Crippen LogP contribution >= 0.6 is 0 Å². The number of alkyl halides is 3. The number of carbonyl (C=O) groups is 4. The van der Waals surface area contributed by atoms with E-state index in [1.54, 1.807) is 0 Å². The van der Waals surface area contributed by atoms with E-state index in [0.29, 0.717) is 12.1 Å². The molecule has 6 N–H and O–H groups in total. The number of nitrogens with zero attached hydrogens (tertiary/aromatic N) is 1. The van der Waals surface area contributed by atoms with Crippen LogP contribution in [-0.4, -0.2) is 84.6 Å². The topological polar surface area (TPSA) is 230 Å². The highest BCUT2D eigenvalue weighted by Gasteiger charge is 2.39. The van der Waals surface area contributed by atoms with Gasteiger partial charge < -0.3 is 45.2 Å². The number of aromatic nitrogens is 1. The summed E-state index contributed by atoms with van der Waals surface area (Å²) < 4.78 is 61.7. The molecule has 0 fully saturated rings. The van der Waals surface area contributed by atoms with Gasteiger partial charge in [0.15, 0.2) is 23.4 Å². The molecule has 15 nitrogen and oxygen atoms in total. The molecule has 0 saturated heterocycles. The molecule has 0 saturated carbocycles. The summed E-state index contributed by atoms with van der Waals surface area (Å²) >= 11 is 0. The molecular weight excluding hydrogens is 601 g/mol. The number of aliphatic hydroxyl groups is 2. The van der Waals surface area contributed by atoms with E-state index < -0.39 is 110 Å². The van der Waals surface area contributed by atoms with Crippen molar-refractivity contribution in [3.63, 3.8) is 0 Å². The zero-order valence-corrected chi connectivity index (χ0v) is 23.7. The smallest absolute Gasteiger partial charge is 0.420 e. The van der Waals surface area contributed by atoms with Gasteiger partial charge in [-0.1, -0.05) is 0 Å². The first kappa shape index (κ1) is 33.5. The number of rotatable bonds is 9. The summed E-state index contributed by atoms with van der Waals surface area (Å²) in [4.78, 5) is 67.9. The molecule has 238 valence electrons. The molecule has 0 unspecified atom stereocenters. The fourth-order valence-corrected chi connectivity index (χ4v) is 4.15. The van der Waals surface area contributed by atoms with Crippen LogP contribution in [0.2, 0.25) is 0 Å². The maximum Gasteiger partial charge on any atom is 0.420 e. The SMILES string of the molecule is COC(=O)[C@@H](NC(=O)c1c2nc3c(C(=O)N[C@H](C(=O)OC)[C@@H](C)O)ccc(C(F)(F)F)c3oc-2c(OC)c(=O)c1N)[C@@H](C)O. The van der Waals surface area contributed by atoms with Gasteiger partial charge in [-0.25, -0.2) is 14.6 Å². The van der Waals surface area contributed by atoms with Gasteiger partial charge in [0.25, 0.3) is 11.8 Å². The monoisotopic (exact) mass is 628 g/mol. The average Bonchev–Trinajstić information content (AvgIpc) is 2.96. The van der Waals surface area contributed by atoms with Gasteiger partial charge in [0.05, 0.1) is 50.4 Å². The lowest BCUT2D eigenvalue weighted by Gasteiger charge is -2.22. The van der Waals surface area contributed by atoms with Crippen LogP contribution in [0, 0.1) is 0 Å². The van der Waals surface area contributed by atoms with Crippen molar-refractivity contribution in [2.45, 2.75) is 44.3 Å². The number of nitrogens with two attached hydrogens (primary N) is 1. The Morgan fingerprint density at radius 1 is 0.955 bits per heavy atom. The van der Waals surface area contributed by atoms with Gasteiger partial charge in [-0.3, -0.25) is 14.4 Å². The van der Waals surface area contributed by atoms with Crippen LogP contribution < -0.4 is 26.5 Å². The highest BCUT2D eigenvalue weighted by atomic mass is 19.4. The van der Waals surface area contributed by atoms with Gasteiger partial charge >= 0.3 is 18.1 Å². The lowest BCUT2D eigenvalue weighted by molar-refractivity contribution is -0.146. The summed E-state index contributed by atoms with van der Waals surface area (Å²) in [6, 6.07) is -2.17. The molecule has 1 aliphatic carbocycles. The number of benzene rings is 2. The van der Waals surface area contributed by atoms with Gasteiger partial charge in [0.1, 0.15) is 16.8 Å². The largest absolute Gasteiger partial charge is 0.489 e. The second kappa shape index (κ2) is 12.7. The van der Waals surface area contributed by atoms with E-state index in [1.165, 1.54) is 0 Å². The molecule has 1 aromatic carbocycles. The van der Waals surface area contributed by atoms with Crippen molar-refractivity contribution < 1.29 is 61.2 Å². The molecule has 0 aromatic heterocycles. The third kappa shape index (κ3) is 6.20. The number of hydrogen-bond acceptors (Lipinski definition) is 13. The van der Waals surface area contributed by atoms with Crippen molar-refractivity contribution in [1.82, 2.24) is 15.6 Å². The van der Waals surface area contributed by atoms with Gasteiger partial charge in [0, 0.05) is 0 Å². The number of nitrogen functional groups attached to an aromatic ring is 1. The van der Waals surface area contributed by atoms with Crippen LogP contribution in [0.5, 0.6) is 5.75 Å². The van der Waals surface area contributed by atoms with Crippen LogP contribution in [0.3, 0.4) is 0 Å². The summed E-state index contributed by atoms with van der Waals surface area (Å²) in [7, 11) is 2.91. The fraction of sp³-hybridized carbons (Fsp3) is 0.385. The van der Waals surface area contributed by atoms with E-state index >= 15 is 0 Å². The maximum absolute atomic E-state index is 14.1. The molecule has 4 atom stereocenters.